The van der Waals surface area contributed by atoms with E-state index in [0.717, 1.165) is 16.8 Å². The molecule has 0 unspecified atom stereocenters. The van der Waals surface area contributed by atoms with E-state index in [1.807, 2.05) is 36.5 Å². The van der Waals surface area contributed by atoms with Crippen LogP contribution < -0.4 is 10.6 Å². The van der Waals surface area contributed by atoms with Gasteiger partial charge in [-0.05, 0) is 72.8 Å². The van der Waals surface area contributed by atoms with Crippen molar-refractivity contribution >= 4 is 17.5 Å². The molecule has 3 aromatic carbocycles. The zero-order valence-electron chi connectivity index (χ0n) is 19.0. The SMILES string of the molecule is O=C(NCc1cn(-c2ccccc2)nc1-c1ccc(F)cc1)c1ccc(NC(=O)c2ccco2)cc1. The number of amides is 2. The molecule has 2 amide bonds. The molecule has 2 heterocycles. The predicted molar refractivity (Wildman–Crippen MR) is 133 cm³/mol. The molecule has 0 atom stereocenters. The third kappa shape index (κ3) is 5.07. The third-order valence-electron chi connectivity index (χ3n) is 5.52. The smallest absolute Gasteiger partial charge is 0.291 e. The van der Waals surface area contributed by atoms with Crippen molar-refractivity contribution in [1.82, 2.24) is 15.1 Å². The van der Waals surface area contributed by atoms with Crippen molar-refractivity contribution in [2.75, 3.05) is 5.32 Å². The van der Waals surface area contributed by atoms with Gasteiger partial charge in [-0.3, -0.25) is 9.59 Å². The first-order valence-electron chi connectivity index (χ1n) is 11.2. The second-order valence-electron chi connectivity index (χ2n) is 7.98. The Labute approximate surface area is 206 Å². The minimum absolute atomic E-state index is 0.199. The van der Waals surface area contributed by atoms with Crippen molar-refractivity contribution in [3.8, 4) is 16.9 Å². The van der Waals surface area contributed by atoms with E-state index in [1.165, 1.54) is 18.4 Å². The molecule has 178 valence electrons. The molecule has 36 heavy (non-hydrogen) atoms. The molecule has 0 aliphatic heterocycles. The molecule has 0 fully saturated rings. The lowest BCUT2D eigenvalue weighted by Gasteiger charge is -2.07. The lowest BCUT2D eigenvalue weighted by molar-refractivity contribution is 0.0950. The Hall–Kier alpha value is -4.98. The lowest BCUT2D eigenvalue weighted by atomic mass is 10.1. The Kier molecular flexibility index (Phi) is 6.40. The van der Waals surface area contributed by atoms with Gasteiger partial charge in [-0.1, -0.05) is 18.2 Å². The van der Waals surface area contributed by atoms with Gasteiger partial charge < -0.3 is 15.1 Å². The third-order valence-corrected chi connectivity index (χ3v) is 5.52. The van der Waals surface area contributed by atoms with Crippen LogP contribution in [0, 0.1) is 5.82 Å². The molecule has 5 aromatic rings. The summed E-state index contributed by atoms with van der Waals surface area (Å²) in [7, 11) is 0. The highest BCUT2D eigenvalue weighted by Crippen LogP contribution is 2.24. The molecule has 2 N–H and O–H groups in total. The van der Waals surface area contributed by atoms with Gasteiger partial charge in [0, 0.05) is 35.1 Å². The first-order valence-corrected chi connectivity index (χ1v) is 11.2. The Morgan fingerprint density at radius 2 is 1.61 bits per heavy atom. The number of halogens is 1. The predicted octanol–water partition coefficient (Wildman–Crippen LogP) is 5.45. The van der Waals surface area contributed by atoms with Crippen molar-refractivity contribution in [3.63, 3.8) is 0 Å². The van der Waals surface area contributed by atoms with Gasteiger partial charge in [0.05, 0.1) is 17.6 Å². The molecule has 0 radical (unpaired) electrons. The number of benzene rings is 3. The largest absolute Gasteiger partial charge is 0.459 e. The quantitative estimate of drug-likeness (QED) is 0.324. The molecular weight excluding hydrogens is 459 g/mol. The van der Waals surface area contributed by atoms with Crippen LogP contribution in [-0.4, -0.2) is 21.6 Å². The second-order valence-corrected chi connectivity index (χ2v) is 7.98. The van der Waals surface area contributed by atoms with Gasteiger partial charge in [0.2, 0.25) is 0 Å². The fourth-order valence-electron chi connectivity index (χ4n) is 3.69. The van der Waals surface area contributed by atoms with Crippen molar-refractivity contribution in [1.29, 1.82) is 0 Å². The number of carbonyl (C=O) groups is 2. The molecule has 0 aliphatic carbocycles. The van der Waals surface area contributed by atoms with E-state index in [4.69, 9.17) is 4.42 Å². The lowest BCUT2D eigenvalue weighted by Crippen LogP contribution is -2.23. The second kappa shape index (κ2) is 10.1. The van der Waals surface area contributed by atoms with E-state index in [9.17, 15) is 14.0 Å². The average Bonchev–Trinajstić information content (AvgIpc) is 3.60. The number of furan rings is 1. The van der Waals surface area contributed by atoms with Gasteiger partial charge in [0.1, 0.15) is 5.82 Å². The summed E-state index contributed by atoms with van der Waals surface area (Å²) in [4.78, 5) is 24.9. The highest BCUT2D eigenvalue weighted by atomic mass is 19.1. The van der Waals surface area contributed by atoms with Crippen molar-refractivity contribution in [3.05, 3.63) is 126 Å². The maximum absolute atomic E-state index is 13.5. The van der Waals surface area contributed by atoms with Gasteiger partial charge in [0.15, 0.2) is 5.76 Å². The van der Waals surface area contributed by atoms with Gasteiger partial charge >= 0.3 is 0 Å². The molecular formula is C28H21FN4O3. The summed E-state index contributed by atoms with van der Waals surface area (Å²) >= 11 is 0. The minimum atomic E-state index is -0.374. The normalized spacial score (nSPS) is 10.7. The molecule has 0 bridgehead atoms. The van der Waals surface area contributed by atoms with E-state index in [1.54, 1.807) is 53.2 Å². The Morgan fingerprint density at radius 3 is 2.31 bits per heavy atom. The number of nitrogens with zero attached hydrogens (tertiary/aromatic N) is 2. The van der Waals surface area contributed by atoms with Crippen LogP contribution >= 0.6 is 0 Å². The summed E-state index contributed by atoms with van der Waals surface area (Å²) < 4.78 is 20.3. The fourth-order valence-corrected chi connectivity index (χ4v) is 3.69. The van der Waals surface area contributed by atoms with Crippen molar-refractivity contribution in [2.24, 2.45) is 0 Å². The number of carbonyl (C=O) groups excluding carboxylic acids is 2. The number of aromatic nitrogens is 2. The Balaban J connectivity index is 1.31. The van der Waals surface area contributed by atoms with Crippen LogP contribution in [0.25, 0.3) is 16.9 Å². The van der Waals surface area contributed by atoms with E-state index in [0.29, 0.717) is 16.9 Å². The number of rotatable bonds is 7. The van der Waals surface area contributed by atoms with E-state index < -0.39 is 0 Å². The van der Waals surface area contributed by atoms with E-state index in [2.05, 4.69) is 15.7 Å². The van der Waals surface area contributed by atoms with Gasteiger partial charge in [-0.15, -0.1) is 0 Å². The fraction of sp³-hybridized carbons (Fsp3) is 0.0357. The molecule has 8 heteroatoms. The van der Waals surface area contributed by atoms with Gasteiger partial charge in [-0.2, -0.15) is 5.10 Å². The highest BCUT2D eigenvalue weighted by molar-refractivity contribution is 6.02. The molecule has 7 nitrogen and oxygen atoms in total. The van der Waals surface area contributed by atoms with Gasteiger partial charge in [0.25, 0.3) is 11.8 Å². The van der Waals surface area contributed by atoms with Crippen LogP contribution in [0.3, 0.4) is 0 Å². The minimum Gasteiger partial charge on any atom is -0.459 e. The summed E-state index contributed by atoms with van der Waals surface area (Å²) in [6, 6.07) is 25.4. The molecule has 5 rings (SSSR count). The topological polar surface area (TPSA) is 89.2 Å². The number of hydrogen-bond acceptors (Lipinski definition) is 4. The molecule has 0 aliphatic rings. The number of para-hydroxylation sites is 1. The van der Waals surface area contributed by atoms with E-state index >= 15 is 0 Å². The van der Waals surface area contributed by atoms with Crippen LogP contribution in [0.5, 0.6) is 0 Å². The van der Waals surface area contributed by atoms with Gasteiger partial charge in [-0.25, -0.2) is 9.07 Å². The van der Waals surface area contributed by atoms with Crippen molar-refractivity contribution < 1.29 is 18.4 Å². The van der Waals surface area contributed by atoms with E-state index in [-0.39, 0.29) is 29.9 Å². The molecule has 2 aromatic heterocycles. The summed E-state index contributed by atoms with van der Waals surface area (Å²) in [6.07, 6.45) is 3.27. The number of anilines is 1. The first kappa shape index (κ1) is 22.8. The molecule has 0 spiro atoms. The van der Waals surface area contributed by atoms with Crippen LogP contribution in [-0.2, 0) is 6.54 Å². The summed E-state index contributed by atoms with van der Waals surface area (Å²) in [6.45, 7) is 0.218. The van der Waals surface area contributed by atoms with Crippen LogP contribution in [0.2, 0.25) is 0 Å². The maximum atomic E-state index is 13.5. The average molecular weight is 480 g/mol. The monoisotopic (exact) mass is 480 g/mol. The Morgan fingerprint density at radius 1 is 0.861 bits per heavy atom. The number of hydrogen-bond donors (Lipinski definition) is 2. The summed E-state index contributed by atoms with van der Waals surface area (Å²) in [5.74, 6) is -0.790. The molecule has 0 saturated heterocycles. The highest BCUT2D eigenvalue weighted by Gasteiger charge is 2.15. The van der Waals surface area contributed by atoms with Crippen LogP contribution in [0.1, 0.15) is 26.5 Å². The summed E-state index contributed by atoms with van der Waals surface area (Å²) in [5, 5.41) is 10.3. The maximum Gasteiger partial charge on any atom is 0.291 e. The van der Waals surface area contributed by atoms with Crippen molar-refractivity contribution in [2.45, 2.75) is 6.54 Å². The van der Waals surface area contributed by atoms with Crippen LogP contribution in [0.15, 0.2) is 108 Å². The Bertz CT molecular complexity index is 1480. The molecule has 0 saturated carbocycles. The standard InChI is InChI=1S/C28H21FN4O3/c29-22-12-8-19(9-13-22)26-21(18-33(32-26)24-5-2-1-3-6-24)17-30-27(34)20-10-14-23(15-11-20)31-28(35)25-7-4-16-36-25/h1-16,18H,17H2,(H,30,34)(H,31,35). The zero-order valence-corrected chi connectivity index (χ0v) is 19.0. The number of nitrogens with one attached hydrogen (secondary N) is 2. The first-order chi connectivity index (χ1) is 17.6. The van der Waals surface area contributed by atoms with Crippen LogP contribution in [0.4, 0.5) is 10.1 Å². The summed E-state index contributed by atoms with van der Waals surface area (Å²) in [5.41, 5.74) is 4.01. The zero-order chi connectivity index (χ0) is 24.9.